The Bertz CT molecular complexity index is 791. The summed E-state index contributed by atoms with van der Waals surface area (Å²) >= 11 is 0. The maximum absolute atomic E-state index is 12.0. The van der Waals surface area contributed by atoms with E-state index in [2.05, 4.69) is 15.2 Å². The maximum Gasteiger partial charge on any atom is 0.224 e. The minimum Gasteiger partial charge on any atom is -0.504 e. The van der Waals surface area contributed by atoms with E-state index in [4.69, 9.17) is 9.15 Å². The molecule has 0 bridgehead atoms. The van der Waals surface area contributed by atoms with Crippen LogP contribution in [0.2, 0.25) is 0 Å². The summed E-state index contributed by atoms with van der Waals surface area (Å²) in [6, 6.07) is 10.5. The molecule has 0 aliphatic rings. The van der Waals surface area contributed by atoms with E-state index in [1.807, 2.05) is 18.2 Å². The summed E-state index contributed by atoms with van der Waals surface area (Å²) in [6.45, 7) is 0. The van der Waals surface area contributed by atoms with Crippen molar-refractivity contribution < 1.29 is 19.1 Å². The Labute approximate surface area is 124 Å². The van der Waals surface area contributed by atoms with Gasteiger partial charge >= 0.3 is 0 Å². The Kier molecular flexibility index (Phi) is 3.69. The van der Waals surface area contributed by atoms with E-state index in [9.17, 15) is 9.90 Å². The zero-order valence-electron chi connectivity index (χ0n) is 11.3. The van der Waals surface area contributed by atoms with Crippen LogP contribution in [0.15, 0.2) is 59.5 Å². The van der Waals surface area contributed by atoms with Crippen LogP contribution in [0.3, 0.4) is 0 Å². The van der Waals surface area contributed by atoms with Crippen molar-refractivity contribution in [1.29, 1.82) is 0 Å². The van der Waals surface area contributed by atoms with Crippen molar-refractivity contribution in [3.63, 3.8) is 0 Å². The zero-order valence-corrected chi connectivity index (χ0v) is 11.3. The number of aliphatic hydroxyl groups is 1. The van der Waals surface area contributed by atoms with Crippen LogP contribution in [0, 0.1) is 0 Å². The number of H-pyrrole nitrogens is 1. The van der Waals surface area contributed by atoms with Crippen LogP contribution in [-0.4, -0.2) is 26.1 Å². The molecule has 2 heterocycles. The van der Waals surface area contributed by atoms with Gasteiger partial charge in [-0.1, -0.05) is 18.2 Å². The number of furan rings is 1. The summed E-state index contributed by atoms with van der Waals surface area (Å²) in [5, 5.41) is 15.8. The molecular weight excluding hydrogens is 286 g/mol. The maximum atomic E-state index is 12.0. The van der Waals surface area contributed by atoms with Gasteiger partial charge in [0, 0.05) is 12.1 Å². The molecule has 0 amide bonds. The third-order valence-electron chi connectivity index (χ3n) is 2.71. The molecular formula is C15H11N3O4. The van der Waals surface area contributed by atoms with Gasteiger partial charge in [-0.05, 0) is 12.1 Å². The van der Waals surface area contributed by atoms with Crippen LogP contribution >= 0.6 is 0 Å². The van der Waals surface area contributed by atoms with E-state index in [0.717, 1.165) is 6.08 Å². The Morgan fingerprint density at radius 2 is 2.09 bits per heavy atom. The first-order valence-corrected chi connectivity index (χ1v) is 6.35. The van der Waals surface area contributed by atoms with Crippen LogP contribution in [0.4, 0.5) is 0 Å². The SMILES string of the molecule is O=C(C=C(O)c1nc[nH]n1)c1cc(Oc2ccccc2)co1. The molecule has 1 aromatic carbocycles. The number of ether oxygens (including phenoxy) is 1. The monoisotopic (exact) mass is 297 g/mol. The van der Waals surface area contributed by atoms with Gasteiger partial charge in [-0.25, -0.2) is 4.98 Å². The predicted molar refractivity (Wildman–Crippen MR) is 76.5 cm³/mol. The molecule has 3 rings (SSSR count). The molecule has 7 nitrogen and oxygen atoms in total. The number of carbonyl (C=O) groups is 1. The lowest BCUT2D eigenvalue weighted by atomic mass is 10.2. The third kappa shape index (κ3) is 3.04. The summed E-state index contributed by atoms with van der Waals surface area (Å²) in [6.07, 6.45) is 3.59. The van der Waals surface area contributed by atoms with Gasteiger partial charge in [0.25, 0.3) is 0 Å². The number of hydrogen-bond acceptors (Lipinski definition) is 6. The fourth-order valence-corrected chi connectivity index (χ4v) is 1.72. The minimum absolute atomic E-state index is 0.0284. The molecule has 0 fully saturated rings. The Morgan fingerprint density at radius 3 is 2.82 bits per heavy atom. The van der Waals surface area contributed by atoms with Gasteiger partial charge in [0.15, 0.2) is 17.3 Å². The molecule has 2 aromatic heterocycles. The van der Waals surface area contributed by atoms with Crippen molar-refractivity contribution in [3.05, 3.63) is 66.6 Å². The molecule has 0 aliphatic carbocycles. The van der Waals surface area contributed by atoms with Crippen molar-refractivity contribution in [2.24, 2.45) is 0 Å². The standard InChI is InChI=1S/C15H11N3O4/c19-12(7-13(20)15-16-9-17-18-15)14-6-11(8-21-14)22-10-4-2-1-3-5-10/h1-9,20H,(H,16,17,18). The minimum atomic E-state index is -0.523. The highest BCUT2D eigenvalue weighted by Gasteiger charge is 2.13. The van der Waals surface area contributed by atoms with Crippen LogP contribution < -0.4 is 4.74 Å². The number of nitrogens with one attached hydrogen (secondary N) is 1. The number of rotatable bonds is 5. The van der Waals surface area contributed by atoms with Gasteiger partial charge in [0.2, 0.25) is 11.6 Å². The number of carbonyl (C=O) groups excluding carboxylic acids is 1. The first-order valence-electron chi connectivity index (χ1n) is 6.35. The number of aliphatic hydroxyl groups excluding tert-OH is 1. The lowest BCUT2D eigenvalue weighted by Crippen LogP contribution is -1.95. The van der Waals surface area contributed by atoms with Crippen LogP contribution in [0.25, 0.3) is 5.76 Å². The first kappa shape index (κ1) is 13.6. The highest BCUT2D eigenvalue weighted by molar-refractivity contribution is 6.05. The Hall–Kier alpha value is -3.35. The van der Waals surface area contributed by atoms with Gasteiger partial charge in [0.1, 0.15) is 18.3 Å². The second-order valence-corrected chi connectivity index (χ2v) is 4.28. The number of ketones is 1. The normalized spacial score (nSPS) is 11.4. The lowest BCUT2D eigenvalue weighted by molar-refractivity contribution is 0.102. The van der Waals surface area contributed by atoms with Gasteiger partial charge < -0.3 is 14.3 Å². The smallest absolute Gasteiger partial charge is 0.224 e. The van der Waals surface area contributed by atoms with E-state index in [1.54, 1.807) is 12.1 Å². The lowest BCUT2D eigenvalue weighted by Gasteiger charge is -2.00. The van der Waals surface area contributed by atoms with Crippen molar-refractivity contribution in [1.82, 2.24) is 15.2 Å². The summed E-state index contributed by atoms with van der Waals surface area (Å²) in [5.74, 6) is 0.203. The molecule has 0 atom stereocenters. The van der Waals surface area contributed by atoms with Crippen molar-refractivity contribution >= 4 is 11.5 Å². The average molecular weight is 297 g/mol. The van der Waals surface area contributed by atoms with Crippen LogP contribution in [-0.2, 0) is 0 Å². The number of aromatic amines is 1. The van der Waals surface area contributed by atoms with Crippen molar-refractivity contribution in [2.45, 2.75) is 0 Å². The van der Waals surface area contributed by atoms with E-state index < -0.39 is 5.78 Å². The summed E-state index contributed by atoms with van der Waals surface area (Å²) in [7, 11) is 0. The molecule has 0 saturated carbocycles. The van der Waals surface area contributed by atoms with Gasteiger partial charge in [-0.15, -0.1) is 0 Å². The average Bonchev–Trinajstić information content (AvgIpc) is 3.19. The third-order valence-corrected chi connectivity index (χ3v) is 2.71. The summed E-state index contributed by atoms with van der Waals surface area (Å²) in [5.41, 5.74) is 0. The predicted octanol–water partition coefficient (Wildman–Crippen LogP) is 2.97. The van der Waals surface area contributed by atoms with E-state index >= 15 is 0 Å². The highest BCUT2D eigenvalue weighted by atomic mass is 16.5. The van der Waals surface area contributed by atoms with Crippen molar-refractivity contribution in [3.8, 4) is 11.5 Å². The molecule has 7 heteroatoms. The molecule has 0 radical (unpaired) electrons. The molecule has 0 aliphatic heterocycles. The quantitative estimate of drug-likeness (QED) is 0.426. The van der Waals surface area contributed by atoms with E-state index in [1.165, 1.54) is 18.7 Å². The van der Waals surface area contributed by atoms with Gasteiger partial charge in [-0.2, -0.15) is 5.10 Å². The number of benzene rings is 1. The molecule has 22 heavy (non-hydrogen) atoms. The Balaban J connectivity index is 1.73. The molecule has 3 aromatic rings. The largest absolute Gasteiger partial charge is 0.504 e. The summed E-state index contributed by atoms with van der Waals surface area (Å²) < 4.78 is 10.7. The fraction of sp³-hybridized carbons (Fsp3) is 0. The fourth-order valence-electron chi connectivity index (χ4n) is 1.72. The summed E-state index contributed by atoms with van der Waals surface area (Å²) in [4.78, 5) is 15.7. The topological polar surface area (TPSA) is 101 Å². The number of hydrogen-bond donors (Lipinski definition) is 2. The highest BCUT2D eigenvalue weighted by Crippen LogP contribution is 2.24. The van der Waals surface area contributed by atoms with Crippen molar-refractivity contribution in [2.75, 3.05) is 0 Å². The molecule has 0 spiro atoms. The number of para-hydroxylation sites is 1. The van der Waals surface area contributed by atoms with E-state index in [-0.39, 0.29) is 17.3 Å². The molecule has 2 N–H and O–H groups in total. The van der Waals surface area contributed by atoms with Gasteiger partial charge in [0.05, 0.1) is 0 Å². The number of allylic oxidation sites excluding steroid dienone is 1. The molecule has 0 unspecified atom stereocenters. The molecule has 110 valence electrons. The number of nitrogens with zero attached hydrogens (tertiary/aromatic N) is 2. The van der Waals surface area contributed by atoms with E-state index in [0.29, 0.717) is 11.5 Å². The van der Waals surface area contributed by atoms with Crippen LogP contribution in [0.5, 0.6) is 11.5 Å². The Morgan fingerprint density at radius 1 is 1.27 bits per heavy atom. The molecule has 0 saturated heterocycles. The van der Waals surface area contributed by atoms with Gasteiger partial charge in [-0.3, -0.25) is 9.89 Å². The second-order valence-electron chi connectivity index (χ2n) is 4.28. The van der Waals surface area contributed by atoms with Crippen LogP contribution in [0.1, 0.15) is 16.4 Å². The second kappa shape index (κ2) is 5.96. The first-order chi connectivity index (χ1) is 10.7. The zero-order chi connectivity index (χ0) is 15.4. The number of aromatic nitrogens is 3.